The van der Waals surface area contributed by atoms with Gasteiger partial charge in [-0.3, -0.25) is 4.79 Å². The predicted octanol–water partition coefficient (Wildman–Crippen LogP) is 2.89. The van der Waals surface area contributed by atoms with Crippen LogP contribution in [0.2, 0.25) is 0 Å². The topological polar surface area (TPSA) is 84.0 Å². The maximum absolute atomic E-state index is 11.4. The molecule has 1 aliphatic heterocycles. The van der Waals surface area contributed by atoms with Gasteiger partial charge >= 0.3 is 0 Å². The molecule has 7 nitrogen and oxygen atoms in total. The lowest BCUT2D eigenvalue weighted by Crippen LogP contribution is -2.38. The lowest BCUT2D eigenvalue weighted by Gasteiger charge is -2.13. The van der Waals surface area contributed by atoms with Crippen molar-refractivity contribution in [3.05, 3.63) is 53.1 Å². The molecule has 30 heavy (non-hydrogen) atoms. The zero-order valence-corrected chi connectivity index (χ0v) is 17.9. The second-order valence-corrected chi connectivity index (χ2v) is 7.13. The second kappa shape index (κ2) is 10.5. The molecule has 0 fully saturated rings. The summed E-state index contributed by atoms with van der Waals surface area (Å²) in [6.07, 6.45) is 1.90. The smallest absolute Gasteiger partial charge is 0.221 e. The van der Waals surface area contributed by atoms with E-state index in [2.05, 4.69) is 39.1 Å². The zero-order chi connectivity index (χ0) is 21.3. The number of carbonyl (C=O) groups excluding carboxylic acids is 1. The van der Waals surface area contributed by atoms with Crippen LogP contribution in [0.3, 0.4) is 0 Å². The molecule has 0 aliphatic carbocycles. The molecule has 0 unspecified atom stereocenters. The first-order chi connectivity index (χ1) is 14.6. The van der Waals surface area contributed by atoms with E-state index >= 15 is 0 Å². The molecular weight excluding hydrogens is 380 g/mol. The van der Waals surface area contributed by atoms with Crippen LogP contribution in [0, 0.1) is 0 Å². The Labute approximate surface area is 177 Å². The minimum atomic E-state index is -0.137. The summed E-state index contributed by atoms with van der Waals surface area (Å²) in [5.41, 5.74) is 4.21. The van der Waals surface area contributed by atoms with Crippen molar-refractivity contribution < 1.29 is 14.3 Å². The molecule has 1 aliphatic rings. The number of anilines is 1. The number of carbonyl (C=O) groups is 1. The van der Waals surface area contributed by atoms with E-state index < -0.39 is 0 Å². The highest BCUT2D eigenvalue weighted by Gasteiger charge is 2.12. The van der Waals surface area contributed by atoms with Gasteiger partial charge in [0.05, 0.1) is 25.9 Å². The summed E-state index contributed by atoms with van der Waals surface area (Å²) in [4.78, 5) is 16.1. The molecule has 0 spiro atoms. The van der Waals surface area contributed by atoms with Gasteiger partial charge in [0, 0.05) is 26.4 Å². The number of methoxy groups -OCH3 is 1. The molecule has 3 rings (SSSR count). The molecule has 2 aromatic rings. The van der Waals surface area contributed by atoms with Gasteiger partial charge in [0.15, 0.2) is 5.96 Å². The summed E-state index contributed by atoms with van der Waals surface area (Å²) in [6.45, 7) is 6.35. The molecule has 0 bridgehead atoms. The molecule has 0 saturated carbocycles. The van der Waals surface area contributed by atoms with Crippen molar-refractivity contribution in [2.24, 2.45) is 4.99 Å². The molecule has 1 heterocycles. The number of hydrogen-bond acceptors (Lipinski definition) is 4. The number of hydrogen-bond donors (Lipinski definition) is 3. The van der Waals surface area contributed by atoms with E-state index in [-0.39, 0.29) is 5.91 Å². The van der Waals surface area contributed by atoms with Gasteiger partial charge in [-0.05, 0) is 48.2 Å². The Kier molecular flexibility index (Phi) is 7.54. The third-order valence-corrected chi connectivity index (χ3v) is 4.80. The monoisotopic (exact) mass is 410 g/mol. The van der Waals surface area contributed by atoms with E-state index in [1.54, 1.807) is 7.11 Å². The molecule has 1 amide bonds. The van der Waals surface area contributed by atoms with Crippen molar-refractivity contribution in [1.82, 2.24) is 10.6 Å². The molecule has 160 valence electrons. The fourth-order valence-electron chi connectivity index (χ4n) is 3.37. The number of aliphatic imine (C=N–C) groups is 1. The van der Waals surface area contributed by atoms with Crippen LogP contribution in [0.4, 0.5) is 5.69 Å². The first-order valence-electron chi connectivity index (χ1n) is 10.3. The summed E-state index contributed by atoms with van der Waals surface area (Å²) in [6, 6.07) is 12.1. The van der Waals surface area contributed by atoms with Crippen LogP contribution in [0.5, 0.6) is 11.5 Å². The number of fused-ring (bicyclic) bond motifs is 1. The van der Waals surface area contributed by atoms with Crippen molar-refractivity contribution >= 4 is 17.6 Å². The van der Waals surface area contributed by atoms with Crippen molar-refractivity contribution in [3.63, 3.8) is 0 Å². The molecule has 0 atom stereocenters. The van der Waals surface area contributed by atoms with Gasteiger partial charge in [-0.25, -0.2) is 4.99 Å². The predicted molar refractivity (Wildman–Crippen MR) is 119 cm³/mol. The molecule has 2 aromatic carbocycles. The third-order valence-electron chi connectivity index (χ3n) is 4.80. The summed E-state index contributed by atoms with van der Waals surface area (Å²) < 4.78 is 10.9. The molecule has 0 saturated heterocycles. The summed E-state index contributed by atoms with van der Waals surface area (Å²) >= 11 is 0. The molecule has 7 heteroatoms. The van der Waals surface area contributed by atoms with Gasteiger partial charge in [-0.15, -0.1) is 0 Å². The Bertz CT molecular complexity index is 911. The minimum Gasteiger partial charge on any atom is -0.495 e. The van der Waals surface area contributed by atoms with Crippen LogP contribution < -0.4 is 25.4 Å². The number of amides is 1. The lowest BCUT2D eigenvalue weighted by molar-refractivity contribution is -0.114. The first kappa shape index (κ1) is 21.5. The average Bonchev–Trinajstić information content (AvgIpc) is 3.19. The highest BCUT2D eigenvalue weighted by atomic mass is 16.5. The minimum absolute atomic E-state index is 0.137. The Morgan fingerprint density at radius 2 is 2.00 bits per heavy atom. The number of nitrogens with zero attached hydrogens (tertiary/aromatic N) is 1. The highest BCUT2D eigenvalue weighted by molar-refractivity contribution is 5.90. The number of rotatable bonds is 8. The van der Waals surface area contributed by atoms with E-state index in [9.17, 15) is 4.79 Å². The summed E-state index contributed by atoms with van der Waals surface area (Å²) in [7, 11) is 1.58. The number of benzene rings is 2. The van der Waals surface area contributed by atoms with Gasteiger partial charge in [-0.1, -0.05) is 18.2 Å². The fourth-order valence-corrected chi connectivity index (χ4v) is 3.37. The molecule has 0 radical (unpaired) electrons. The summed E-state index contributed by atoms with van der Waals surface area (Å²) in [5.74, 6) is 2.27. The van der Waals surface area contributed by atoms with Crippen LogP contribution in [0.1, 0.15) is 30.5 Å². The van der Waals surface area contributed by atoms with Crippen molar-refractivity contribution in [2.45, 2.75) is 33.2 Å². The van der Waals surface area contributed by atoms with E-state index in [1.807, 2.05) is 25.1 Å². The lowest BCUT2D eigenvalue weighted by atomic mass is 10.1. The van der Waals surface area contributed by atoms with E-state index in [1.165, 1.54) is 18.1 Å². The van der Waals surface area contributed by atoms with E-state index in [4.69, 9.17) is 9.47 Å². The van der Waals surface area contributed by atoms with Crippen LogP contribution in [0.15, 0.2) is 41.4 Å². The Morgan fingerprint density at radius 3 is 2.77 bits per heavy atom. The van der Waals surface area contributed by atoms with Gasteiger partial charge in [0.25, 0.3) is 0 Å². The van der Waals surface area contributed by atoms with Gasteiger partial charge in [0.1, 0.15) is 11.5 Å². The van der Waals surface area contributed by atoms with Crippen molar-refractivity contribution in [3.8, 4) is 11.5 Å². The number of guanidine groups is 1. The normalized spacial score (nSPS) is 12.7. The van der Waals surface area contributed by atoms with Crippen molar-refractivity contribution in [2.75, 3.05) is 32.1 Å². The summed E-state index contributed by atoms with van der Waals surface area (Å²) in [5, 5.41) is 9.46. The largest absolute Gasteiger partial charge is 0.495 e. The standard InChI is InChI=1S/C23H30N4O3/c1-4-24-23(25-11-9-17-5-7-21-19(13-17)10-12-30-21)26-15-18-6-8-22(29-3)20(14-18)27-16(2)28/h5-8,13-14H,4,9-12,15H2,1-3H3,(H,27,28)(H2,24,25,26). The van der Waals surface area contributed by atoms with Crippen LogP contribution in [-0.4, -0.2) is 38.7 Å². The maximum atomic E-state index is 11.4. The second-order valence-electron chi connectivity index (χ2n) is 7.13. The van der Waals surface area contributed by atoms with E-state index in [0.29, 0.717) is 18.0 Å². The Morgan fingerprint density at radius 1 is 1.17 bits per heavy atom. The number of nitrogens with one attached hydrogen (secondary N) is 3. The third kappa shape index (κ3) is 5.89. The molecule has 3 N–H and O–H groups in total. The van der Waals surface area contributed by atoms with Crippen LogP contribution in [-0.2, 0) is 24.2 Å². The zero-order valence-electron chi connectivity index (χ0n) is 17.9. The average molecular weight is 411 g/mol. The van der Waals surface area contributed by atoms with Gasteiger partial charge < -0.3 is 25.4 Å². The maximum Gasteiger partial charge on any atom is 0.221 e. The van der Waals surface area contributed by atoms with Gasteiger partial charge in [-0.2, -0.15) is 0 Å². The Balaban J connectivity index is 1.59. The van der Waals surface area contributed by atoms with Crippen LogP contribution in [0.25, 0.3) is 0 Å². The quantitative estimate of drug-likeness (QED) is 0.460. The number of ether oxygens (including phenoxy) is 2. The fraction of sp³-hybridized carbons (Fsp3) is 0.391. The Hall–Kier alpha value is -3.22. The van der Waals surface area contributed by atoms with Crippen LogP contribution >= 0.6 is 0 Å². The molecule has 0 aromatic heterocycles. The van der Waals surface area contributed by atoms with Crippen molar-refractivity contribution in [1.29, 1.82) is 0 Å². The van der Waals surface area contributed by atoms with E-state index in [0.717, 1.165) is 49.8 Å². The first-order valence-corrected chi connectivity index (χ1v) is 10.3. The van der Waals surface area contributed by atoms with Gasteiger partial charge in [0.2, 0.25) is 5.91 Å². The highest BCUT2D eigenvalue weighted by Crippen LogP contribution is 2.26. The molecular formula is C23H30N4O3. The SMILES string of the molecule is CCNC(=NCc1ccc(OC)c(NC(C)=O)c1)NCCc1ccc2c(c1)CCO2.